The lowest BCUT2D eigenvalue weighted by atomic mass is 9.48. The molecule has 4 fully saturated rings. The molecule has 4 aliphatic carbocycles. The Hall–Kier alpha value is -1.57. The predicted octanol–water partition coefficient (Wildman–Crippen LogP) is 6.00. The third kappa shape index (κ3) is 4.10. The Bertz CT molecular complexity index is 879. The Morgan fingerprint density at radius 1 is 1.06 bits per heavy atom. The first-order chi connectivity index (χ1) is 15.9. The Morgan fingerprint density at radius 3 is 2.55 bits per heavy atom. The number of nitrogens with one attached hydrogen (secondary N) is 1. The first-order valence-electron chi connectivity index (χ1n) is 13.3. The van der Waals surface area contributed by atoms with Gasteiger partial charge in [0.1, 0.15) is 0 Å². The molecule has 1 aromatic rings. The lowest BCUT2D eigenvalue weighted by molar-refractivity contribution is -0.124. The van der Waals surface area contributed by atoms with Crippen molar-refractivity contribution in [3.8, 4) is 6.07 Å². The fraction of sp³-hybridized carbons (Fsp3) is 0.759. The molecule has 9 atom stereocenters. The van der Waals surface area contributed by atoms with Gasteiger partial charge in [-0.05, 0) is 130 Å². The Morgan fingerprint density at radius 2 is 1.82 bits per heavy atom. The number of nitriles is 1. The van der Waals surface area contributed by atoms with Gasteiger partial charge in [-0.2, -0.15) is 5.26 Å². The van der Waals surface area contributed by atoms with Gasteiger partial charge in [-0.1, -0.05) is 6.92 Å². The van der Waals surface area contributed by atoms with Crippen molar-refractivity contribution >= 4 is 5.69 Å². The summed E-state index contributed by atoms with van der Waals surface area (Å²) in [5, 5.41) is 23.9. The van der Waals surface area contributed by atoms with Crippen LogP contribution in [0, 0.1) is 52.3 Å². The maximum atomic E-state index is 11.0. The van der Waals surface area contributed by atoms with E-state index in [2.05, 4.69) is 37.4 Å². The van der Waals surface area contributed by atoms with Crippen LogP contribution in [-0.2, 0) is 4.74 Å². The van der Waals surface area contributed by atoms with E-state index in [9.17, 15) is 5.11 Å². The van der Waals surface area contributed by atoms with Crippen LogP contribution in [0.3, 0.4) is 0 Å². The topological polar surface area (TPSA) is 65.3 Å². The van der Waals surface area contributed by atoms with Crippen molar-refractivity contribution in [1.82, 2.24) is 0 Å². The van der Waals surface area contributed by atoms with Gasteiger partial charge in [0.25, 0.3) is 0 Å². The molecule has 1 unspecified atom stereocenters. The summed E-state index contributed by atoms with van der Waals surface area (Å²) in [6.45, 7) is 5.47. The molecule has 0 saturated heterocycles. The van der Waals surface area contributed by atoms with E-state index < -0.39 is 5.60 Å². The molecule has 0 aliphatic heterocycles. The maximum absolute atomic E-state index is 11.0. The van der Waals surface area contributed by atoms with Gasteiger partial charge in [0.2, 0.25) is 0 Å². The molecule has 180 valence electrons. The minimum absolute atomic E-state index is 0.429. The molecule has 4 saturated carbocycles. The Labute approximate surface area is 200 Å². The molecule has 0 bridgehead atoms. The largest absolute Gasteiger partial charge is 0.387 e. The van der Waals surface area contributed by atoms with Crippen LogP contribution < -0.4 is 5.32 Å². The molecule has 0 spiro atoms. The summed E-state index contributed by atoms with van der Waals surface area (Å²) in [6, 6.07) is 10.6. The number of anilines is 1. The molecule has 4 nitrogen and oxygen atoms in total. The number of ether oxygens (including phenoxy) is 1. The minimum atomic E-state index is -0.586. The van der Waals surface area contributed by atoms with Crippen molar-refractivity contribution in [1.29, 1.82) is 5.26 Å². The van der Waals surface area contributed by atoms with Crippen LogP contribution in [0.15, 0.2) is 24.3 Å². The molecule has 5 rings (SSSR count). The SMILES string of the molecule is COC[C@@]1(O)CC[C@H]2[C@H](CC[C@@H]3[C@@H]2CC[C@]2(C)C([C@@H](C)Nc4ccc(C#N)cc4)CC[C@@H]32)C1. The average Bonchev–Trinajstić information content (AvgIpc) is 3.16. The van der Waals surface area contributed by atoms with Gasteiger partial charge in [0.15, 0.2) is 0 Å². The summed E-state index contributed by atoms with van der Waals surface area (Å²) >= 11 is 0. The van der Waals surface area contributed by atoms with Crippen LogP contribution in [0.1, 0.15) is 77.2 Å². The van der Waals surface area contributed by atoms with E-state index in [1.807, 2.05) is 12.1 Å². The average molecular weight is 451 g/mol. The molecule has 0 aromatic heterocycles. The number of hydrogen-bond donors (Lipinski definition) is 2. The first kappa shape index (κ1) is 23.2. The van der Waals surface area contributed by atoms with Gasteiger partial charge in [-0.15, -0.1) is 0 Å². The second kappa shape index (κ2) is 8.90. The molecule has 0 heterocycles. The highest BCUT2D eigenvalue weighted by molar-refractivity contribution is 5.48. The molecule has 1 aromatic carbocycles. The second-order valence-corrected chi connectivity index (χ2v) is 12.2. The molecule has 0 radical (unpaired) electrons. The van der Waals surface area contributed by atoms with Crippen molar-refractivity contribution in [3.05, 3.63) is 29.8 Å². The van der Waals surface area contributed by atoms with Crippen molar-refractivity contribution < 1.29 is 9.84 Å². The van der Waals surface area contributed by atoms with Gasteiger partial charge >= 0.3 is 0 Å². The molecule has 2 N–H and O–H groups in total. The van der Waals surface area contributed by atoms with E-state index in [0.717, 1.165) is 47.8 Å². The fourth-order valence-electron chi connectivity index (χ4n) is 9.23. The van der Waals surface area contributed by atoms with E-state index in [1.165, 1.54) is 44.9 Å². The molecule has 4 heteroatoms. The number of benzene rings is 1. The van der Waals surface area contributed by atoms with E-state index >= 15 is 0 Å². The second-order valence-electron chi connectivity index (χ2n) is 12.2. The fourth-order valence-corrected chi connectivity index (χ4v) is 9.23. The summed E-state index contributed by atoms with van der Waals surface area (Å²) in [5.74, 6) is 4.82. The zero-order valence-electron chi connectivity index (χ0n) is 20.7. The van der Waals surface area contributed by atoms with Crippen LogP contribution in [-0.4, -0.2) is 30.5 Å². The third-order valence-electron chi connectivity index (χ3n) is 10.6. The zero-order valence-corrected chi connectivity index (χ0v) is 20.7. The van der Waals surface area contributed by atoms with Crippen LogP contribution in [0.25, 0.3) is 0 Å². The summed E-state index contributed by atoms with van der Waals surface area (Å²) in [6.07, 6.45) is 11.2. The molecular formula is C29H42N2O2. The number of aliphatic hydroxyl groups is 1. The summed E-state index contributed by atoms with van der Waals surface area (Å²) in [7, 11) is 1.72. The van der Waals surface area contributed by atoms with E-state index in [1.54, 1.807) is 7.11 Å². The lowest BCUT2D eigenvalue weighted by Crippen LogP contribution is -2.52. The molecular weight excluding hydrogens is 408 g/mol. The van der Waals surface area contributed by atoms with Crippen molar-refractivity contribution in [3.63, 3.8) is 0 Å². The van der Waals surface area contributed by atoms with Crippen molar-refractivity contribution in [2.24, 2.45) is 40.9 Å². The van der Waals surface area contributed by atoms with Gasteiger partial charge in [0.05, 0.1) is 23.8 Å². The number of methoxy groups -OCH3 is 1. The van der Waals surface area contributed by atoms with E-state index in [4.69, 9.17) is 10.00 Å². The van der Waals surface area contributed by atoms with Crippen LogP contribution in [0.5, 0.6) is 0 Å². The first-order valence-corrected chi connectivity index (χ1v) is 13.3. The van der Waals surface area contributed by atoms with Gasteiger partial charge in [-0.25, -0.2) is 0 Å². The molecule has 0 amide bonds. The maximum Gasteiger partial charge on any atom is 0.0991 e. The monoisotopic (exact) mass is 450 g/mol. The van der Waals surface area contributed by atoms with E-state index in [0.29, 0.717) is 29.9 Å². The summed E-state index contributed by atoms with van der Waals surface area (Å²) in [4.78, 5) is 0. The summed E-state index contributed by atoms with van der Waals surface area (Å²) < 4.78 is 5.36. The van der Waals surface area contributed by atoms with Gasteiger partial charge < -0.3 is 15.2 Å². The van der Waals surface area contributed by atoms with Crippen LogP contribution in [0.2, 0.25) is 0 Å². The minimum Gasteiger partial charge on any atom is -0.387 e. The number of nitrogens with zero attached hydrogens (tertiary/aromatic N) is 1. The zero-order chi connectivity index (χ0) is 23.2. The smallest absolute Gasteiger partial charge is 0.0991 e. The van der Waals surface area contributed by atoms with Crippen molar-refractivity contribution in [2.45, 2.75) is 83.3 Å². The highest BCUT2D eigenvalue weighted by atomic mass is 16.5. The molecule has 33 heavy (non-hydrogen) atoms. The third-order valence-corrected chi connectivity index (χ3v) is 10.6. The molecule has 4 aliphatic rings. The summed E-state index contributed by atoms with van der Waals surface area (Å²) in [5.41, 5.74) is 1.70. The highest BCUT2D eigenvalue weighted by Crippen LogP contribution is 2.65. The van der Waals surface area contributed by atoms with Crippen molar-refractivity contribution in [2.75, 3.05) is 19.0 Å². The lowest BCUT2D eigenvalue weighted by Gasteiger charge is -2.57. The van der Waals surface area contributed by atoms with Crippen LogP contribution >= 0.6 is 0 Å². The quantitative estimate of drug-likeness (QED) is 0.577. The van der Waals surface area contributed by atoms with E-state index in [-0.39, 0.29) is 0 Å². The standard InChI is InChI=1S/C29H42N2O2/c1-19(31-22-7-4-20(17-30)5-8-22)26-10-11-27-25-9-6-21-16-29(32,18-33-3)15-13-23(21)24(25)12-14-28(26,27)2/h4-5,7-8,19,21,23-27,31-32H,6,9-16,18H2,1-3H3/t19-,21-,23+,24-,25-,26?,27+,28-,29-/m1/s1. The highest BCUT2D eigenvalue weighted by Gasteiger charge is 2.58. The van der Waals surface area contributed by atoms with Gasteiger partial charge in [0, 0.05) is 18.8 Å². The number of hydrogen-bond acceptors (Lipinski definition) is 4. The Balaban J connectivity index is 1.27. The van der Waals surface area contributed by atoms with Gasteiger partial charge in [-0.3, -0.25) is 0 Å². The normalized spacial score (nSPS) is 43.0. The van der Waals surface area contributed by atoms with Crippen LogP contribution in [0.4, 0.5) is 5.69 Å². The number of rotatable bonds is 5. The Kier molecular flexibility index (Phi) is 6.25. The predicted molar refractivity (Wildman–Crippen MR) is 132 cm³/mol. The number of fused-ring (bicyclic) bond motifs is 5.